The van der Waals surface area contributed by atoms with Gasteiger partial charge < -0.3 is 19.8 Å². The average Bonchev–Trinajstić information content (AvgIpc) is 2.87. The predicted molar refractivity (Wildman–Crippen MR) is 124 cm³/mol. The number of ether oxygens (including phenoxy) is 2. The van der Waals surface area contributed by atoms with Crippen LogP contribution in [0.3, 0.4) is 0 Å². The van der Waals surface area contributed by atoms with Crippen molar-refractivity contribution in [3.8, 4) is 23.0 Å². The van der Waals surface area contributed by atoms with Crippen LogP contribution >= 0.6 is 0 Å². The van der Waals surface area contributed by atoms with Crippen molar-refractivity contribution in [2.45, 2.75) is 13.0 Å². The largest absolute Gasteiger partial charge is 0.497 e. The first-order valence-corrected chi connectivity index (χ1v) is 10.3. The number of pyridine rings is 1. The second-order valence-corrected chi connectivity index (χ2v) is 7.30. The Morgan fingerprint density at radius 2 is 1.94 bits per heavy atom. The number of methoxy groups -OCH3 is 2. The maximum absolute atomic E-state index is 13.2. The molecule has 0 aliphatic carbocycles. The van der Waals surface area contributed by atoms with Gasteiger partial charge in [0.25, 0.3) is 11.5 Å². The lowest BCUT2D eigenvalue weighted by molar-refractivity contribution is 0.0940. The van der Waals surface area contributed by atoms with Crippen LogP contribution in [0.5, 0.6) is 11.5 Å². The molecule has 3 aromatic heterocycles. The molecule has 1 aromatic carbocycles. The quantitative estimate of drug-likeness (QED) is 0.432. The topological polar surface area (TPSA) is 132 Å². The summed E-state index contributed by atoms with van der Waals surface area (Å²) in [4.78, 5) is 37.2. The zero-order chi connectivity index (χ0) is 24.1. The lowest BCUT2D eigenvalue weighted by Crippen LogP contribution is -2.34. The minimum absolute atomic E-state index is 0.155. The van der Waals surface area contributed by atoms with Gasteiger partial charge in [-0.1, -0.05) is 6.07 Å². The molecule has 0 saturated carbocycles. The number of H-pyrrole nitrogens is 1. The summed E-state index contributed by atoms with van der Waals surface area (Å²) in [6, 6.07) is 13.4. The van der Waals surface area contributed by atoms with Gasteiger partial charge in [0.1, 0.15) is 28.8 Å². The van der Waals surface area contributed by atoms with Crippen LogP contribution in [0.2, 0.25) is 0 Å². The Kier molecular flexibility index (Phi) is 6.58. The molecule has 0 saturated heterocycles. The number of carbonyl (C=O) groups excluding carboxylic acids is 1. The van der Waals surface area contributed by atoms with Crippen molar-refractivity contribution >= 4 is 5.91 Å². The van der Waals surface area contributed by atoms with Crippen LogP contribution < -0.4 is 20.3 Å². The van der Waals surface area contributed by atoms with E-state index in [-0.39, 0.29) is 11.4 Å². The normalized spacial score (nSPS) is 11.5. The van der Waals surface area contributed by atoms with Gasteiger partial charge in [-0.15, -0.1) is 5.10 Å². The number of aromatic nitrogens is 5. The van der Waals surface area contributed by atoms with Gasteiger partial charge in [0.15, 0.2) is 5.82 Å². The summed E-state index contributed by atoms with van der Waals surface area (Å²) in [7, 11) is 3.08. The van der Waals surface area contributed by atoms with Crippen molar-refractivity contribution in [2.24, 2.45) is 0 Å². The minimum atomic E-state index is -0.702. The fourth-order valence-electron chi connectivity index (χ4n) is 3.42. The van der Waals surface area contributed by atoms with E-state index in [0.717, 1.165) is 5.69 Å². The Hall–Kier alpha value is -4.60. The third-order valence-electron chi connectivity index (χ3n) is 5.09. The highest BCUT2D eigenvalue weighted by atomic mass is 16.5. The van der Waals surface area contributed by atoms with E-state index >= 15 is 0 Å². The molecule has 4 aromatic rings. The van der Waals surface area contributed by atoms with Gasteiger partial charge in [0, 0.05) is 29.7 Å². The molecule has 0 aliphatic heterocycles. The van der Waals surface area contributed by atoms with Crippen LogP contribution in [0, 0.1) is 6.92 Å². The molecule has 2 N–H and O–H groups in total. The second-order valence-electron chi connectivity index (χ2n) is 7.30. The maximum Gasteiger partial charge on any atom is 0.264 e. The van der Waals surface area contributed by atoms with Crippen LogP contribution in [0.1, 0.15) is 33.4 Å². The van der Waals surface area contributed by atoms with Gasteiger partial charge in [-0.05, 0) is 43.3 Å². The zero-order valence-corrected chi connectivity index (χ0v) is 18.8. The molecule has 10 nitrogen and oxygen atoms in total. The molecule has 0 fully saturated rings. The van der Waals surface area contributed by atoms with Gasteiger partial charge in [0.05, 0.1) is 19.9 Å². The van der Waals surface area contributed by atoms with Crippen molar-refractivity contribution in [2.75, 3.05) is 14.2 Å². The molecule has 1 amide bonds. The molecular formula is C24H22N6O4. The van der Waals surface area contributed by atoms with Crippen LogP contribution in [-0.2, 0) is 0 Å². The summed E-state index contributed by atoms with van der Waals surface area (Å²) in [5, 5.41) is 10.6. The lowest BCUT2D eigenvalue weighted by Gasteiger charge is -2.22. The van der Waals surface area contributed by atoms with E-state index in [1.165, 1.54) is 19.5 Å². The fraction of sp³-hybridized carbons (Fsp3) is 0.167. The fourth-order valence-corrected chi connectivity index (χ4v) is 3.42. The number of aromatic amines is 1. The zero-order valence-electron chi connectivity index (χ0n) is 18.8. The van der Waals surface area contributed by atoms with Crippen LogP contribution in [0.15, 0.2) is 65.7 Å². The molecular weight excluding hydrogens is 436 g/mol. The molecule has 1 unspecified atom stereocenters. The number of rotatable bonds is 7. The van der Waals surface area contributed by atoms with E-state index in [1.54, 1.807) is 43.5 Å². The first-order chi connectivity index (χ1) is 16.5. The van der Waals surface area contributed by atoms with Gasteiger partial charge in [0.2, 0.25) is 0 Å². The van der Waals surface area contributed by atoms with Crippen molar-refractivity contribution in [1.29, 1.82) is 0 Å². The number of nitrogens with zero attached hydrogens (tertiary/aromatic N) is 4. The van der Waals surface area contributed by atoms with E-state index in [9.17, 15) is 9.59 Å². The first-order valence-electron chi connectivity index (χ1n) is 10.3. The summed E-state index contributed by atoms with van der Waals surface area (Å²) < 4.78 is 10.8. The van der Waals surface area contributed by atoms with E-state index in [2.05, 4.69) is 30.5 Å². The van der Waals surface area contributed by atoms with Crippen molar-refractivity contribution in [3.63, 3.8) is 0 Å². The Labute approximate surface area is 195 Å². The molecule has 3 heterocycles. The predicted octanol–water partition coefficient (Wildman–Crippen LogP) is 2.47. The number of hydrogen-bond donors (Lipinski definition) is 2. The third-order valence-corrected chi connectivity index (χ3v) is 5.09. The highest BCUT2D eigenvalue weighted by Crippen LogP contribution is 2.32. The molecule has 0 bridgehead atoms. The van der Waals surface area contributed by atoms with E-state index in [0.29, 0.717) is 28.5 Å². The lowest BCUT2D eigenvalue weighted by atomic mass is 10.0. The van der Waals surface area contributed by atoms with Gasteiger partial charge >= 0.3 is 0 Å². The Morgan fingerprint density at radius 3 is 2.62 bits per heavy atom. The number of nitrogens with one attached hydrogen (secondary N) is 2. The standard InChI is InChI=1S/C24H22N6O4/c1-14-6-4-7-18(27-14)21(16-10-9-15(33-2)12-20(16)34-3)28-23(31)17-13-25-22(29-24(17)32)19-8-5-11-26-30-19/h4-13,21H,1-3H3,(H,28,31)(H,25,29,32). The van der Waals surface area contributed by atoms with Gasteiger partial charge in [-0.3, -0.25) is 14.6 Å². The molecule has 10 heteroatoms. The molecule has 172 valence electrons. The average molecular weight is 458 g/mol. The second kappa shape index (κ2) is 9.90. The smallest absolute Gasteiger partial charge is 0.264 e. The van der Waals surface area contributed by atoms with Gasteiger partial charge in [-0.2, -0.15) is 5.10 Å². The third kappa shape index (κ3) is 4.75. The number of carbonyl (C=O) groups is 1. The molecule has 4 rings (SSSR count). The van der Waals surface area contributed by atoms with Crippen molar-refractivity contribution < 1.29 is 14.3 Å². The number of amides is 1. The highest BCUT2D eigenvalue weighted by Gasteiger charge is 2.24. The van der Waals surface area contributed by atoms with E-state index in [1.807, 2.05) is 19.1 Å². The van der Waals surface area contributed by atoms with E-state index in [4.69, 9.17) is 9.47 Å². The molecule has 34 heavy (non-hydrogen) atoms. The summed E-state index contributed by atoms with van der Waals surface area (Å²) in [6.45, 7) is 1.85. The summed E-state index contributed by atoms with van der Waals surface area (Å²) in [5.41, 5.74) is 1.63. The first kappa shape index (κ1) is 22.6. The Balaban J connectivity index is 1.71. The Morgan fingerprint density at radius 1 is 1.09 bits per heavy atom. The highest BCUT2D eigenvalue weighted by molar-refractivity contribution is 5.94. The number of aryl methyl sites for hydroxylation is 1. The van der Waals surface area contributed by atoms with Crippen LogP contribution in [0.25, 0.3) is 11.5 Å². The molecule has 1 atom stereocenters. The Bertz CT molecular complexity index is 1370. The van der Waals surface area contributed by atoms with Crippen molar-refractivity contribution in [1.82, 2.24) is 30.5 Å². The summed E-state index contributed by atoms with van der Waals surface area (Å²) >= 11 is 0. The monoisotopic (exact) mass is 458 g/mol. The number of hydrogen-bond acceptors (Lipinski definition) is 8. The molecule has 0 aliphatic rings. The van der Waals surface area contributed by atoms with E-state index < -0.39 is 17.5 Å². The maximum atomic E-state index is 13.2. The minimum Gasteiger partial charge on any atom is -0.497 e. The SMILES string of the molecule is COc1ccc(C(NC(=O)c2cnc(-c3cccnn3)[nH]c2=O)c2cccc(C)n2)c(OC)c1. The van der Waals surface area contributed by atoms with Crippen LogP contribution in [0.4, 0.5) is 0 Å². The molecule has 0 radical (unpaired) electrons. The summed E-state index contributed by atoms with van der Waals surface area (Å²) in [5.74, 6) is 0.690. The van der Waals surface area contributed by atoms with Crippen molar-refractivity contribution in [3.05, 3.63) is 93.8 Å². The number of benzene rings is 1. The van der Waals surface area contributed by atoms with Gasteiger partial charge in [-0.25, -0.2) is 4.98 Å². The van der Waals surface area contributed by atoms with Crippen LogP contribution in [-0.4, -0.2) is 45.3 Å². The summed E-state index contributed by atoms with van der Waals surface area (Å²) in [6.07, 6.45) is 2.72. The molecule has 0 spiro atoms.